The first-order valence-corrected chi connectivity index (χ1v) is 12.9. The number of hydrogen-bond acceptors (Lipinski definition) is 7. The monoisotopic (exact) mass is 491 g/mol. The van der Waals surface area contributed by atoms with Gasteiger partial charge in [-0.15, -0.1) is 0 Å². The van der Waals surface area contributed by atoms with Crippen LogP contribution in [0.25, 0.3) is 0 Å². The van der Waals surface area contributed by atoms with Crippen LogP contribution >= 0.6 is 0 Å². The Morgan fingerprint density at radius 2 is 1.92 bits per heavy atom. The first-order valence-electron chi connectivity index (χ1n) is 12.9. The number of benzene rings is 2. The van der Waals surface area contributed by atoms with Crippen molar-refractivity contribution in [2.45, 2.75) is 69.8 Å². The standard InChI is InChI=1S/C29H37N3O4/c1-5-25-23-13-11-19-15-21(35-18-26-30-27(36-31-26)17-32(3)4)12-14-22(19)24(23)16-28(2,33)29(25,34)20-9-7-6-8-10-20/h6-10,12,14-15,23-25,33-34H,5,11,13,16-18H2,1-4H3/t23-,24+,25?,28-,29+/m1/s1. The van der Waals surface area contributed by atoms with E-state index in [9.17, 15) is 10.2 Å². The zero-order valence-corrected chi connectivity index (χ0v) is 21.6. The second kappa shape index (κ2) is 9.61. The molecule has 1 saturated carbocycles. The maximum atomic E-state index is 12.1. The molecule has 192 valence electrons. The largest absolute Gasteiger partial charge is 0.485 e. The average Bonchev–Trinajstić information content (AvgIpc) is 3.30. The molecular weight excluding hydrogens is 454 g/mol. The van der Waals surface area contributed by atoms with Crippen molar-refractivity contribution in [2.24, 2.45) is 11.8 Å². The number of aliphatic hydroxyl groups is 2. The van der Waals surface area contributed by atoms with Crippen molar-refractivity contribution in [3.05, 3.63) is 76.9 Å². The van der Waals surface area contributed by atoms with Crippen molar-refractivity contribution < 1.29 is 19.5 Å². The minimum atomic E-state index is -1.28. The molecule has 7 heteroatoms. The van der Waals surface area contributed by atoms with Gasteiger partial charge in [-0.2, -0.15) is 4.98 Å². The van der Waals surface area contributed by atoms with E-state index in [1.54, 1.807) is 6.92 Å². The summed E-state index contributed by atoms with van der Waals surface area (Å²) in [7, 11) is 3.91. The zero-order chi connectivity index (χ0) is 25.5. The molecule has 1 aromatic heterocycles. The smallest absolute Gasteiger partial charge is 0.240 e. The molecule has 1 fully saturated rings. The van der Waals surface area contributed by atoms with Gasteiger partial charge in [0.25, 0.3) is 0 Å². The lowest BCUT2D eigenvalue weighted by molar-refractivity contribution is -0.224. The summed E-state index contributed by atoms with van der Waals surface area (Å²) in [5.41, 5.74) is 0.806. The lowest BCUT2D eigenvalue weighted by atomic mass is 9.51. The third kappa shape index (κ3) is 4.33. The summed E-state index contributed by atoms with van der Waals surface area (Å²) in [6.07, 6.45) is 3.22. The van der Waals surface area contributed by atoms with E-state index in [2.05, 4.69) is 29.2 Å². The molecule has 1 heterocycles. The normalized spacial score (nSPS) is 29.6. The molecule has 2 N–H and O–H groups in total. The van der Waals surface area contributed by atoms with Crippen LogP contribution in [0.2, 0.25) is 0 Å². The summed E-state index contributed by atoms with van der Waals surface area (Å²) in [5.74, 6) is 2.33. The second-order valence-corrected chi connectivity index (χ2v) is 10.9. The summed E-state index contributed by atoms with van der Waals surface area (Å²) in [5, 5.41) is 27.8. The van der Waals surface area contributed by atoms with E-state index in [1.165, 1.54) is 11.1 Å². The Bertz CT molecular complexity index is 1190. The van der Waals surface area contributed by atoms with Crippen LogP contribution in [0.1, 0.15) is 67.4 Å². The summed E-state index contributed by atoms with van der Waals surface area (Å²) in [6.45, 7) is 4.78. The lowest BCUT2D eigenvalue weighted by Crippen LogP contribution is -2.61. The van der Waals surface area contributed by atoms with E-state index < -0.39 is 11.2 Å². The number of nitrogens with zero attached hydrogens (tertiary/aromatic N) is 3. The zero-order valence-electron chi connectivity index (χ0n) is 21.6. The summed E-state index contributed by atoms with van der Waals surface area (Å²) in [6, 6.07) is 16.0. The topological polar surface area (TPSA) is 91.9 Å². The molecular formula is C29H37N3O4. The number of hydrogen-bond donors (Lipinski definition) is 2. The Hall–Kier alpha value is -2.74. The van der Waals surface area contributed by atoms with E-state index in [0.29, 0.717) is 30.6 Å². The molecule has 2 aromatic carbocycles. The highest BCUT2D eigenvalue weighted by Gasteiger charge is 2.60. The number of aromatic nitrogens is 2. The van der Waals surface area contributed by atoms with Gasteiger partial charge in [-0.25, -0.2) is 0 Å². The Balaban J connectivity index is 1.37. The van der Waals surface area contributed by atoms with Crippen LogP contribution in [-0.2, 0) is 25.2 Å². The predicted molar refractivity (Wildman–Crippen MR) is 136 cm³/mol. The van der Waals surface area contributed by atoms with Crippen LogP contribution in [0.15, 0.2) is 53.1 Å². The van der Waals surface area contributed by atoms with Gasteiger partial charge in [-0.1, -0.05) is 48.5 Å². The molecule has 36 heavy (non-hydrogen) atoms. The van der Waals surface area contributed by atoms with Gasteiger partial charge < -0.3 is 24.4 Å². The molecule has 2 aliphatic carbocycles. The first kappa shape index (κ1) is 24.9. The number of fused-ring (bicyclic) bond motifs is 3. The molecule has 3 aromatic rings. The van der Waals surface area contributed by atoms with Crippen LogP contribution in [-0.4, -0.2) is 45.0 Å². The van der Waals surface area contributed by atoms with Gasteiger partial charge in [-0.3, -0.25) is 0 Å². The molecule has 0 aliphatic heterocycles. The Morgan fingerprint density at radius 1 is 1.14 bits per heavy atom. The summed E-state index contributed by atoms with van der Waals surface area (Å²) >= 11 is 0. The molecule has 5 rings (SSSR count). The van der Waals surface area contributed by atoms with E-state index in [-0.39, 0.29) is 18.4 Å². The van der Waals surface area contributed by atoms with Crippen LogP contribution in [0.3, 0.4) is 0 Å². The van der Waals surface area contributed by atoms with E-state index >= 15 is 0 Å². The highest BCUT2D eigenvalue weighted by molar-refractivity contribution is 5.42. The molecule has 0 saturated heterocycles. The van der Waals surface area contributed by atoms with Crippen LogP contribution in [0.5, 0.6) is 5.75 Å². The van der Waals surface area contributed by atoms with Gasteiger partial charge in [0, 0.05) is 0 Å². The van der Waals surface area contributed by atoms with Crippen molar-refractivity contribution >= 4 is 0 Å². The van der Waals surface area contributed by atoms with Crippen molar-refractivity contribution in [3.63, 3.8) is 0 Å². The van der Waals surface area contributed by atoms with Gasteiger partial charge in [0.2, 0.25) is 11.7 Å². The fraction of sp³-hybridized carbons (Fsp3) is 0.517. The third-order valence-electron chi connectivity index (χ3n) is 8.25. The van der Waals surface area contributed by atoms with Crippen LogP contribution < -0.4 is 4.74 Å². The number of aryl methyl sites for hydroxylation is 1. The second-order valence-electron chi connectivity index (χ2n) is 10.9. The van der Waals surface area contributed by atoms with Gasteiger partial charge in [-0.05, 0) is 93.3 Å². The third-order valence-corrected chi connectivity index (χ3v) is 8.25. The quantitative estimate of drug-likeness (QED) is 0.505. The van der Waals surface area contributed by atoms with Crippen LogP contribution in [0.4, 0.5) is 0 Å². The maximum Gasteiger partial charge on any atom is 0.240 e. The molecule has 0 bridgehead atoms. The highest BCUT2D eigenvalue weighted by atomic mass is 16.5. The summed E-state index contributed by atoms with van der Waals surface area (Å²) in [4.78, 5) is 6.36. The number of rotatable bonds is 7. The molecule has 0 amide bonds. The van der Waals surface area contributed by atoms with E-state index in [1.807, 2.05) is 55.4 Å². The molecule has 7 nitrogen and oxygen atoms in total. The Labute approximate surface area is 213 Å². The van der Waals surface area contributed by atoms with E-state index in [4.69, 9.17) is 9.26 Å². The van der Waals surface area contributed by atoms with E-state index in [0.717, 1.165) is 30.6 Å². The van der Waals surface area contributed by atoms with Gasteiger partial charge in [0.15, 0.2) is 6.61 Å². The Morgan fingerprint density at radius 3 is 2.64 bits per heavy atom. The lowest BCUT2D eigenvalue weighted by Gasteiger charge is -2.57. The number of ether oxygens (including phenoxy) is 1. The van der Waals surface area contributed by atoms with Gasteiger partial charge in [0.1, 0.15) is 11.4 Å². The predicted octanol–water partition coefficient (Wildman–Crippen LogP) is 4.42. The minimum absolute atomic E-state index is 0.0349. The minimum Gasteiger partial charge on any atom is -0.485 e. The van der Waals surface area contributed by atoms with Gasteiger partial charge in [0.05, 0.1) is 12.1 Å². The maximum absolute atomic E-state index is 12.1. The van der Waals surface area contributed by atoms with Crippen molar-refractivity contribution in [1.29, 1.82) is 0 Å². The Kier molecular flexibility index (Phi) is 6.66. The molecule has 0 radical (unpaired) electrons. The SMILES string of the molecule is CCC1[C@@H]2CCc3cc(OCc4noc(CN(C)C)n4)ccc3[C@@H]2C[C@@](C)(O)[C@]1(O)c1ccccc1. The van der Waals surface area contributed by atoms with Crippen LogP contribution in [0, 0.1) is 11.8 Å². The molecule has 2 aliphatic rings. The van der Waals surface area contributed by atoms with Crippen molar-refractivity contribution in [2.75, 3.05) is 14.1 Å². The first-order chi connectivity index (χ1) is 17.2. The molecule has 1 unspecified atom stereocenters. The molecule has 0 spiro atoms. The van der Waals surface area contributed by atoms with Crippen molar-refractivity contribution in [3.8, 4) is 5.75 Å². The van der Waals surface area contributed by atoms with Gasteiger partial charge >= 0.3 is 0 Å². The fourth-order valence-corrected chi connectivity index (χ4v) is 6.69. The average molecular weight is 492 g/mol. The highest BCUT2D eigenvalue weighted by Crippen LogP contribution is 2.59. The van der Waals surface area contributed by atoms with Crippen molar-refractivity contribution in [1.82, 2.24) is 15.0 Å². The molecule has 5 atom stereocenters. The summed E-state index contributed by atoms with van der Waals surface area (Å²) < 4.78 is 11.3. The fourth-order valence-electron chi connectivity index (χ4n) is 6.69.